The summed E-state index contributed by atoms with van der Waals surface area (Å²) in [6.45, 7) is 2.82. The zero-order chi connectivity index (χ0) is 16.7. The number of piperidine rings is 1. The molecule has 0 aromatic heterocycles. The van der Waals surface area contributed by atoms with Gasteiger partial charge in [0, 0.05) is 6.54 Å². The molecule has 2 atom stereocenters. The van der Waals surface area contributed by atoms with Crippen molar-refractivity contribution in [3.63, 3.8) is 0 Å². The van der Waals surface area contributed by atoms with Crippen molar-refractivity contribution in [2.75, 3.05) is 13.2 Å². The fraction of sp³-hybridized carbons (Fsp3) is 0.500. The van der Waals surface area contributed by atoms with Gasteiger partial charge >= 0.3 is 11.3 Å². The van der Waals surface area contributed by atoms with Gasteiger partial charge in [-0.05, 0) is 36.9 Å². The van der Waals surface area contributed by atoms with Crippen LogP contribution in [0, 0.1) is 0 Å². The highest BCUT2D eigenvalue weighted by Crippen LogP contribution is 2.18. The summed E-state index contributed by atoms with van der Waals surface area (Å²) in [5, 5.41) is 3.60. The predicted molar refractivity (Wildman–Crippen MR) is 85.8 cm³/mol. The van der Waals surface area contributed by atoms with Crippen LogP contribution in [0.15, 0.2) is 30.3 Å². The van der Waals surface area contributed by atoms with E-state index in [1.165, 1.54) is 5.06 Å². The molecule has 1 fully saturated rings. The van der Waals surface area contributed by atoms with E-state index < -0.39 is 5.37 Å². The molecule has 2 rings (SSSR count). The molecule has 23 heavy (non-hydrogen) atoms. The number of hydrogen-bond donors (Lipinski definition) is 1. The van der Waals surface area contributed by atoms with E-state index in [1.807, 2.05) is 30.3 Å². The minimum Gasteiger partial charge on any atom is -0.465 e. The van der Waals surface area contributed by atoms with Crippen LogP contribution in [0.2, 0.25) is 0 Å². The molecule has 1 heterocycles. The number of hydroxylamine groups is 2. The molecule has 1 aliphatic heterocycles. The first-order valence-corrected chi connectivity index (χ1v) is 8.05. The highest BCUT2D eigenvalue weighted by molar-refractivity contribution is 6.62. The van der Waals surface area contributed by atoms with Crippen molar-refractivity contribution in [1.82, 2.24) is 10.4 Å². The van der Waals surface area contributed by atoms with Gasteiger partial charge in [0.1, 0.15) is 12.6 Å². The Morgan fingerprint density at radius 2 is 2.04 bits per heavy atom. The molecule has 0 saturated carbocycles. The Morgan fingerprint density at radius 3 is 2.61 bits per heavy atom. The molecule has 0 spiro atoms. The molecule has 0 unspecified atom stereocenters. The van der Waals surface area contributed by atoms with Gasteiger partial charge in [-0.1, -0.05) is 30.3 Å². The fourth-order valence-corrected chi connectivity index (χ4v) is 2.69. The van der Waals surface area contributed by atoms with Crippen LogP contribution in [0.25, 0.3) is 0 Å². The number of ether oxygens (including phenoxy) is 1. The highest BCUT2D eigenvalue weighted by Gasteiger charge is 2.32. The maximum absolute atomic E-state index is 11.7. The zero-order valence-corrected chi connectivity index (χ0v) is 13.8. The second-order valence-corrected chi connectivity index (χ2v) is 5.61. The van der Waals surface area contributed by atoms with Crippen LogP contribution in [0.5, 0.6) is 0 Å². The smallest absolute Gasteiger partial charge is 0.340 e. The van der Waals surface area contributed by atoms with Gasteiger partial charge in [-0.3, -0.25) is 14.4 Å². The first-order chi connectivity index (χ1) is 11.1. The minimum absolute atomic E-state index is 0.214. The van der Waals surface area contributed by atoms with Crippen LogP contribution in [0.3, 0.4) is 0 Å². The lowest BCUT2D eigenvalue weighted by Gasteiger charge is -2.34. The number of benzene rings is 1. The number of rotatable bonds is 6. The number of amides is 1. The molecule has 0 aliphatic carbocycles. The molecule has 1 amide bonds. The number of nitrogens with zero attached hydrogens (tertiary/aromatic N) is 1. The predicted octanol–water partition coefficient (Wildman–Crippen LogP) is 2.46. The Morgan fingerprint density at radius 1 is 1.30 bits per heavy atom. The molecule has 7 heteroatoms. The largest absolute Gasteiger partial charge is 0.465 e. The monoisotopic (exact) mass is 340 g/mol. The summed E-state index contributed by atoms with van der Waals surface area (Å²) < 4.78 is 4.99. The van der Waals surface area contributed by atoms with Gasteiger partial charge in [0.25, 0.3) is 0 Å². The standard InChI is InChI=1S/C16H21ClN2O4/c1-2-22-15(20)14-9-8-13(10-18-14)19(16(17)21)23-11-12-6-4-3-5-7-12/h3-7,13-14,18H,2,8-11H2,1H3/t13-,14+/m1/s1. The average Bonchev–Trinajstić information content (AvgIpc) is 2.56. The topological polar surface area (TPSA) is 67.9 Å². The van der Waals surface area contributed by atoms with E-state index in [1.54, 1.807) is 6.92 Å². The van der Waals surface area contributed by atoms with Crippen molar-refractivity contribution < 1.29 is 19.2 Å². The number of hydrogen-bond acceptors (Lipinski definition) is 5. The van der Waals surface area contributed by atoms with Gasteiger partial charge in [0.05, 0.1) is 12.6 Å². The molecule has 0 radical (unpaired) electrons. The van der Waals surface area contributed by atoms with E-state index in [-0.39, 0.29) is 24.7 Å². The highest BCUT2D eigenvalue weighted by atomic mass is 35.5. The van der Waals surface area contributed by atoms with Crippen LogP contribution in [0.1, 0.15) is 25.3 Å². The van der Waals surface area contributed by atoms with Gasteiger partial charge in [0.15, 0.2) is 0 Å². The first kappa shape index (κ1) is 17.7. The van der Waals surface area contributed by atoms with Crippen LogP contribution in [0.4, 0.5) is 4.79 Å². The second kappa shape index (κ2) is 8.86. The maximum Gasteiger partial charge on any atom is 0.340 e. The first-order valence-electron chi connectivity index (χ1n) is 7.67. The molecule has 1 aromatic rings. The van der Waals surface area contributed by atoms with Gasteiger partial charge in [-0.25, -0.2) is 5.06 Å². The summed E-state index contributed by atoms with van der Waals surface area (Å²) >= 11 is 5.63. The molecule has 1 aromatic carbocycles. The van der Waals surface area contributed by atoms with E-state index in [0.717, 1.165) is 5.56 Å². The van der Waals surface area contributed by atoms with Crippen molar-refractivity contribution in [2.24, 2.45) is 0 Å². The lowest BCUT2D eigenvalue weighted by molar-refractivity contribution is -0.158. The summed E-state index contributed by atoms with van der Waals surface area (Å²) in [7, 11) is 0. The quantitative estimate of drug-likeness (QED) is 0.373. The van der Waals surface area contributed by atoms with Crippen LogP contribution in [-0.2, 0) is 21.0 Å². The Balaban J connectivity index is 1.87. The maximum atomic E-state index is 11.7. The third-order valence-electron chi connectivity index (χ3n) is 3.68. The van der Waals surface area contributed by atoms with E-state index >= 15 is 0 Å². The number of esters is 1. The van der Waals surface area contributed by atoms with E-state index in [9.17, 15) is 9.59 Å². The summed E-state index contributed by atoms with van der Waals surface area (Å²) in [4.78, 5) is 28.9. The third kappa shape index (κ3) is 5.20. The number of halogens is 1. The molecular formula is C16H21ClN2O4. The Bertz CT molecular complexity index is 518. The zero-order valence-electron chi connectivity index (χ0n) is 13.0. The van der Waals surface area contributed by atoms with Crippen molar-refractivity contribution in [1.29, 1.82) is 0 Å². The third-order valence-corrected chi connectivity index (χ3v) is 3.84. The summed E-state index contributed by atoms with van der Waals surface area (Å²) in [6.07, 6.45) is 1.18. The second-order valence-electron chi connectivity index (χ2n) is 5.28. The van der Waals surface area contributed by atoms with Gasteiger partial charge in [-0.2, -0.15) is 0 Å². The fourth-order valence-electron chi connectivity index (χ4n) is 2.50. The Hall–Kier alpha value is -1.63. The van der Waals surface area contributed by atoms with Crippen molar-refractivity contribution in [3.05, 3.63) is 35.9 Å². The van der Waals surface area contributed by atoms with Crippen molar-refractivity contribution in [3.8, 4) is 0 Å². The van der Waals surface area contributed by atoms with Gasteiger partial charge < -0.3 is 10.1 Å². The number of carbonyl (C=O) groups excluding carboxylic acids is 2. The molecule has 1 N–H and O–H groups in total. The van der Waals surface area contributed by atoms with Crippen molar-refractivity contribution in [2.45, 2.75) is 38.5 Å². The number of nitrogens with one attached hydrogen (secondary N) is 1. The SMILES string of the molecule is CCOC(=O)[C@@H]1CC[C@@H](N(OCc2ccccc2)C(=O)Cl)CN1. The van der Waals surface area contributed by atoms with E-state index in [4.69, 9.17) is 21.2 Å². The average molecular weight is 341 g/mol. The van der Waals surface area contributed by atoms with E-state index in [0.29, 0.717) is 26.0 Å². The molecular weight excluding hydrogens is 320 g/mol. The minimum atomic E-state index is -0.665. The lowest BCUT2D eigenvalue weighted by atomic mass is 10.0. The van der Waals surface area contributed by atoms with Crippen LogP contribution >= 0.6 is 11.6 Å². The summed E-state index contributed by atoms with van der Waals surface area (Å²) in [5.74, 6) is -0.264. The summed E-state index contributed by atoms with van der Waals surface area (Å²) in [5.41, 5.74) is 0.948. The van der Waals surface area contributed by atoms with Crippen molar-refractivity contribution >= 4 is 22.9 Å². The molecule has 1 saturated heterocycles. The van der Waals surface area contributed by atoms with Gasteiger partial charge in [-0.15, -0.1) is 0 Å². The molecule has 126 valence electrons. The van der Waals surface area contributed by atoms with E-state index in [2.05, 4.69) is 5.32 Å². The lowest BCUT2D eigenvalue weighted by Crippen LogP contribution is -2.53. The Labute approximate surface area is 140 Å². The summed E-state index contributed by atoms with van der Waals surface area (Å²) in [6, 6.07) is 8.98. The molecule has 1 aliphatic rings. The van der Waals surface area contributed by atoms with Crippen LogP contribution in [-0.4, -0.2) is 41.6 Å². The normalized spacial score (nSPS) is 20.8. The molecule has 0 bridgehead atoms. The molecule has 6 nitrogen and oxygen atoms in total. The van der Waals surface area contributed by atoms with Crippen LogP contribution < -0.4 is 5.32 Å². The number of carbonyl (C=O) groups is 2. The van der Waals surface area contributed by atoms with Gasteiger partial charge in [0.2, 0.25) is 0 Å². The Kier molecular flexibility index (Phi) is 6.83.